The Labute approximate surface area is 186 Å². The molecule has 1 unspecified atom stereocenters. The van der Waals surface area contributed by atoms with Crippen LogP contribution in [-0.2, 0) is 6.54 Å². The minimum absolute atomic E-state index is 0.281. The topological polar surface area (TPSA) is 60.5 Å². The molecule has 1 aromatic rings. The van der Waals surface area contributed by atoms with Gasteiger partial charge < -0.3 is 14.7 Å². The van der Waals surface area contributed by atoms with Crippen LogP contribution in [0.1, 0.15) is 37.7 Å². The lowest BCUT2D eigenvalue weighted by molar-refractivity contribution is 0.133. The quantitative estimate of drug-likeness (QED) is 0.662. The second-order valence-electron chi connectivity index (χ2n) is 9.16. The molecular weight excluding hydrogens is 384 g/mol. The van der Waals surface area contributed by atoms with Gasteiger partial charge in [-0.3, -0.25) is 4.90 Å². The number of piperidine rings is 1. The molecule has 0 saturated carbocycles. The molecule has 0 radical (unpaired) electrons. The van der Waals surface area contributed by atoms with Crippen molar-refractivity contribution in [2.75, 3.05) is 46.3 Å². The van der Waals surface area contributed by atoms with Crippen molar-refractivity contribution in [1.29, 1.82) is 10.5 Å². The summed E-state index contributed by atoms with van der Waals surface area (Å²) in [6, 6.07) is 16.1. The van der Waals surface area contributed by atoms with Crippen molar-refractivity contribution < 1.29 is 0 Å². The van der Waals surface area contributed by atoms with Crippen LogP contribution in [0, 0.1) is 22.7 Å². The number of rotatable bonds is 6. The smallest absolute Gasteiger partial charge is 0.169 e. The molecule has 3 aliphatic rings. The van der Waals surface area contributed by atoms with Crippen LogP contribution in [0.2, 0.25) is 0 Å². The van der Waals surface area contributed by atoms with Crippen LogP contribution in [0.3, 0.4) is 0 Å². The van der Waals surface area contributed by atoms with E-state index in [-0.39, 0.29) is 5.57 Å². The first-order valence-electron chi connectivity index (χ1n) is 11.7. The number of nitriles is 2. The maximum Gasteiger partial charge on any atom is 0.169 e. The van der Waals surface area contributed by atoms with Crippen LogP contribution in [-0.4, -0.2) is 78.0 Å². The van der Waals surface area contributed by atoms with Crippen LogP contribution in [0.5, 0.6) is 0 Å². The summed E-state index contributed by atoms with van der Waals surface area (Å²) in [7, 11) is 2.21. The standard InChI is InChI=1S/C25H34N6/c1-28-12-5-8-23(28)11-15-30-16-17-31(25(30)22(18-26)19-27)24-9-13-29(14-10-24)20-21-6-3-2-4-7-21/h2-4,6-7,23-24H,5,8-17,20H2,1H3. The summed E-state index contributed by atoms with van der Waals surface area (Å²) < 4.78 is 0. The van der Waals surface area contributed by atoms with Gasteiger partial charge in [0.1, 0.15) is 18.0 Å². The zero-order chi connectivity index (χ0) is 21.6. The first-order chi connectivity index (χ1) is 15.2. The monoisotopic (exact) mass is 418 g/mol. The van der Waals surface area contributed by atoms with E-state index < -0.39 is 0 Å². The van der Waals surface area contributed by atoms with Crippen LogP contribution < -0.4 is 0 Å². The van der Waals surface area contributed by atoms with Gasteiger partial charge >= 0.3 is 0 Å². The summed E-state index contributed by atoms with van der Waals surface area (Å²) >= 11 is 0. The Balaban J connectivity index is 1.39. The molecule has 0 N–H and O–H groups in total. The van der Waals surface area contributed by atoms with Gasteiger partial charge in [0.05, 0.1) is 0 Å². The maximum atomic E-state index is 9.65. The Hall–Kier alpha value is -2.54. The van der Waals surface area contributed by atoms with E-state index in [4.69, 9.17) is 0 Å². The number of hydrogen-bond donors (Lipinski definition) is 0. The van der Waals surface area contributed by atoms with Crippen LogP contribution in [0.25, 0.3) is 0 Å². The third-order valence-electron chi connectivity index (χ3n) is 7.28. The Morgan fingerprint density at radius 3 is 2.35 bits per heavy atom. The molecular formula is C25H34N6. The largest absolute Gasteiger partial charge is 0.355 e. The van der Waals surface area contributed by atoms with Gasteiger partial charge in [0.2, 0.25) is 0 Å². The summed E-state index contributed by atoms with van der Waals surface area (Å²) in [4.78, 5) is 9.66. The fourth-order valence-electron chi connectivity index (χ4n) is 5.50. The number of nitrogens with zero attached hydrogens (tertiary/aromatic N) is 6. The normalized spacial score (nSPS) is 23.2. The highest BCUT2D eigenvalue weighted by atomic mass is 15.4. The molecule has 0 amide bonds. The average Bonchev–Trinajstić information content (AvgIpc) is 3.41. The Morgan fingerprint density at radius 2 is 1.71 bits per heavy atom. The number of hydrogen-bond acceptors (Lipinski definition) is 6. The van der Waals surface area contributed by atoms with E-state index in [1.165, 1.54) is 24.9 Å². The van der Waals surface area contributed by atoms with Gasteiger partial charge in [-0.2, -0.15) is 10.5 Å². The van der Waals surface area contributed by atoms with Crippen molar-refractivity contribution in [3.8, 4) is 12.1 Å². The molecule has 4 rings (SSSR count). The first kappa shape index (κ1) is 21.7. The Kier molecular flexibility index (Phi) is 7.12. The predicted molar refractivity (Wildman–Crippen MR) is 122 cm³/mol. The van der Waals surface area contributed by atoms with Gasteiger partial charge in [-0.1, -0.05) is 30.3 Å². The molecule has 0 bridgehead atoms. The highest BCUT2D eigenvalue weighted by molar-refractivity contribution is 5.40. The van der Waals surface area contributed by atoms with Gasteiger partial charge in [-0.05, 0) is 51.3 Å². The summed E-state index contributed by atoms with van der Waals surface area (Å²) in [5.74, 6) is 0.896. The van der Waals surface area contributed by atoms with E-state index in [1.807, 2.05) is 0 Å². The summed E-state index contributed by atoms with van der Waals surface area (Å²) in [6.45, 7) is 7.08. The molecule has 3 heterocycles. The molecule has 0 spiro atoms. The van der Waals surface area contributed by atoms with E-state index in [9.17, 15) is 10.5 Å². The van der Waals surface area contributed by atoms with E-state index in [0.29, 0.717) is 12.1 Å². The SMILES string of the molecule is CN1CCCC1CCN1CCN(C2CCN(Cc3ccccc3)CC2)C1=C(C#N)C#N. The van der Waals surface area contributed by atoms with Gasteiger partial charge in [0, 0.05) is 51.4 Å². The fraction of sp³-hybridized carbons (Fsp3) is 0.600. The van der Waals surface area contributed by atoms with E-state index in [1.54, 1.807) is 0 Å². The third kappa shape index (κ3) is 5.03. The number of benzene rings is 1. The zero-order valence-electron chi connectivity index (χ0n) is 18.7. The lowest BCUT2D eigenvalue weighted by atomic mass is 10.0. The molecule has 0 aromatic heterocycles. The minimum Gasteiger partial charge on any atom is -0.355 e. The van der Waals surface area contributed by atoms with Gasteiger partial charge in [-0.15, -0.1) is 0 Å². The predicted octanol–water partition coefficient (Wildman–Crippen LogP) is 3.01. The van der Waals surface area contributed by atoms with Crippen molar-refractivity contribution in [3.63, 3.8) is 0 Å². The molecule has 0 aliphatic carbocycles. The van der Waals surface area contributed by atoms with Crippen molar-refractivity contribution in [2.24, 2.45) is 0 Å². The molecule has 3 fully saturated rings. The van der Waals surface area contributed by atoms with Gasteiger partial charge in [0.15, 0.2) is 5.57 Å². The van der Waals surface area contributed by atoms with E-state index in [0.717, 1.165) is 64.4 Å². The maximum absolute atomic E-state index is 9.65. The van der Waals surface area contributed by atoms with Crippen LogP contribution in [0.15, 0.2) is 41.7 Å². The molecule has 6 nitrogen and oxygen atoms in total. The van der Waals surface area contributed by atoms with Gasteiger partial charge in [0.25, 0.3) is 0 Å². The Bertz CT molecular complexity index is 827. The third-order valence-corrected chi connectivity index (χ3v) is 7.28. The van der Waals surface area contributed by atoms with Crippen molar-refractivity contribution in [1.82, 2.24) is 19.6 Å². The Morgan fingerprint density at radius 1 is 0.968 bits per heavy atom. The highest BCUT2D eigenvalue weighted by Crippen LogP contribution is 2.30. The molecule has 3 saturated heterocycles. The highest BCUT2D eigenvalue weighted by Gasteiger charge is 2.35. The molecule has 31 heavy (non-hydrogen) atoms. The first-order valence-corrected chi connectivity index (χ1v) is 11.7. The molecule has 164 valence electrons. The van der Waals surface area contributed by atoms with Crippen molar-refractivity contribution in [2.45, 2.75) is 50.7 Å². The molecule has 6 heteroatoms. The van der Waals surface area contributed by atoms with Crippen molar-refractivity contribution >= 4 is 0 Å². The molecule has 1 aromatic carbocycles. The van der Waals surface area contributed by atoms with Crippen LogP contribution >= 0.6 is 0 Å². The summed E-state index contributed by atoms with van der Waals surface area (Å²) in [5.41, 5.74) is 1.64. The summed E-state index contributed by atoms with van der Waals surface area (Å²) in [6.07, 6.45) is 5.81. The molecule has 3 aliphatic heterocycles. The van der Waals surface area contributed by atoms with Crippen LogP contribution in [0.4, 0.5) is 0 Å². The second-order valence-corrected chi connectivity index (χ2v) is 9.16. The second kappa shape index (κ2) is 10.2. The van der Waals surface area contributed by atoms with Gasteiger partial charge in [-0.25, -0.2) is 0 Å². The summed E-state index contributed by atoms with van der Waals surface area (Å²) in [5, 5.41) is 19.3. The zero-order valence-corrected chi connectivity index (χ0v) is 18.7. The number of allylic oxidation sites excluding steroid dienone is 1. The van der Waals surface area contributed by atoms with E-state index >= 15 is 0 Å². The molecule has 1 atom stereocenters. The average molecular weight is 419 g/mol. The lowest BCUT2D eigenvalue weighted by Gasteiger charge is -2.38. The van der Waals surface area contributed by atoms with E-state index in [2.05, 4.69) is 69.1 Å². The van der Waals surface area contributed by atoms with Crippen molar-refractivity contribution in [3.05, 3.63) is 47.3 Å². The lowest BCUT2D eigenvalue weighted by Crippen LogP contribution is -2.44. The fourth-order valence-corrected chi connectivity index (χ4v) is 5.50. The minimum atomic E-state index is 0.281. The number of likely N-dealkylation sites (tertiary alicyclic amines) is 2.